The third kappa shape index (κ3) is 2.75. The minimum Gasteiger partial charge on any atom is -0.388 e. The fourth-order valence-electron chi connectivity index (χ4n) is 3.37. The fourth-order valence-corrected chi connectivity index (χ4v) is 3.37. The summed E-state index contributed by atoms with van der Waals surface area (Å²) < 4.78 is 5.88. The van der Waals surface area contributed by atoms with Gasteiger partial charge in [-0.3, -0.25) is 14.5 Å². The molecular weight excluding hydrogens is 310 g/mol. The molecule has 0 spiro atoms. The van der Waals surface area contributed by atoms with Crippen LogP contribution in [0.3, 0.4) is 0 Å². The molecule has 3 atom stereocenters. The minimum atomic E-state index is -1.02. The van der Waals surface area contributed by atoms with Crippen molar-refractivity contribution in [3.8, 4) is 0 Å². The molecule has 0 aromatic heterocycles. The number of carbonyl (C=O) groups excluding carboxylic acids is 2. The number of hydrogen-bond donors (Lipinski definition) is 2. The number of amides is 2. The van der Waals surface area contributed by atoms with Crippen molar-refractivity contribution in [2.24, 2.45) is 0 Å². The van der Waals surface area contributed by atoms with Crippen LogP contribution in [0, 0.1) is 0 Å². The van der Waals surface area contributed by atoms with Gasteiger partial charge in [-0.05, 0) is 45.7 Å². The molecule has 3 rings (SSSR count). The van der Waals surface area contributed by atoms with Crippen molar-refractivity contribution in [1.29, 1.82) is 0 Å². The van der Waals surface area contributed by atoms with Gasteiger partial charge >= 0.3 is 0 Å². The van der Waals surface area contributed by atoms with Gasteiger partial charge in [0, 0.05) is 0 Å². The van der Waals surface area contributed by atoms with Crippen LogP contribution in [0.15, 0.2) is 24.3 Å². The van der Waals surface area contributed by atoms with E-state index < -0.39 is 29.1 Å². The van der Waals surface area contributed by atoms with Gasteiger partial charge in [0.1, 0.15) is 6.10 Å². The van der Waals surface area contributed by atoms with E-state index in [2.05, 4.69) is 0 Å². The smallest absolute Gasteiger partial charge is 0.261 e. The van der Waals surface area contributed by atoms with Gasteiger partial charge in [-0.1, -0.05) is 12.1 Å². The van der Waals surface area contributed by atoms with Gasteiger partial charge in [-0.2, -0.15) is 0 Å². The highest BCUT2D eigenvalue weighted by Gasteiger charge is 2.48. The minimum absolute atomic E-state index is 0.124. The second kappa shape index (κ2) is 5.65. The van der Waals surface area contributed by atoms with Crippen LogP contribution in [-0.4, -0.2) is 56.9 Å². The summed E-state index contributed by atoms with van der Waals surface area (Å²) in [4.78, 5) is 25.9. The van der Waals surface area contributed by atoms with Gasteiger partial charge in [0.25, 0.3) is 11.8 Å². The number of β-amino-alcohol motifs (C(OH)–C–C–N with tert-alkyl or cyclic N) is 1. The predicted octanol–water partition coefficient (Wildman–Crippen LogP) is 1.35. The molecule has 2 aliphatic rings. The van der Waals surface area contributed by atoms with E-state index in [4.69, 9.17) is 4.74 Å². The molecule has 2 heterocycles. The Kier molecular flexibility index (Phi) is 4.02. The molecule has 2 N–H and O–H groups in total. The molecule has 2 amide bonds. The highest BCUT2D eigenvalue weighted by molar-refractivity contribution is 6.21. The van der Waals surface area contributed by atoms with Gasteiger partial charge in [0.2, 0.25) is 0 Å². The normalized spacial score (nSPS) is 28.4. The highest BCUT2D eigenvalue weighted by Crippen LogP contribution is 2.38. The number of fused-ring (bicyclic) bond motifs is 1. The first-order chi connectivity index (χ1) is 11.1. The number of aliphatic hydroxyl groups is 2. The fraction of sp³-hybridized carbons (Fsp3) is 0.556. The molecular formula is C18H23NO5. The van der Waals surface area contributed by atoms with Gasteiger partial charge in [0.15, 0.2) is 0 Å². The zero-order valence-electron chi connectivity index (χ0n) is 14.2. The zero-order chi connectivity index (χ0) is 17.7. The van der Waals surface area contributed by atoms with Crippen LogP contribution in [0.2, 0.25) is 0 Å². The van der Waals surface area contributed by atoms with E-state index in [9.17, 15) is 19.8 Å². The molecule has 0 radical (unpaired) electrons. The Labute approximate surface area is 141 Å². The lowest BCUT2D eigenvalue weighted by atomic mass is 9.93. The summed E-state index contributed by atoms with van der Waals surface area (Å²) in [5.41, 5.74) is -1.18. The summed E-state index contributed by atoms with van der Waals surface area (Å²) in [5, 5.41) is 20.7. The monoisotopic (exact) mass is 333 g/mol. The van der Waals surface area contributed by atoms with Crippen LogP contribution in [-0.2, 0) is 4.74 Å². The van der Waals surface area contributed by atoms with E-state index in [0.29, 0.717) is 24.0 Å². The van der Waals surface area contributed by atoms with Crippen LogP contribution >= 0.6 is 0 Å². The summed E-state index contributed by atoms with van der Waals surface area (Å²) in [6.45, 7) is 4.96. The lowest BCUT2D eigenvalue weighted by Crippen LogP contribution is -2.49. The van der Waals surface area contributed by atoms with Crippen molar-refractivity contribution in [1.82, 2.24) is 4.90 Å². The number of hydrogen-bond acceptors (Lipinski definition) is 5. The molecule has 24 heavy (non-hydrogen) atoms. The predicted molar refractivity (Wildman–Crippen MR) is 86.6 cm³/mol. The molecule has 0 bridgehead atoms. The molecule has 0 saturated carbocycles. The van der Waals surface area contributed by atoms with E-state index in [1.54, 1.807) is 45.0 Å². The first-order valence-electron chi connectivity index (χ1n) is 8.17. The van der Waals surface area contributed by atoms with E-state index in [1.807, 2.05) is 0 Å². The van der Waals surface area contributed by atoms with E-state index >= 15 is 0 Å². The van der Waals surface area contributed by atoms with Crippen molar-refractivity contribution in [2.75, 3.05) is 6.54 Å². The summed E-state index contributed by atoms with van der Waals surface area (Å²) in [6.07, 6.45) is -0.253. The molecule has 0 aliphatic carbocycles. The Morgan fingerprint density at radius 1 is 1.29 bits per heavy atom. The molecule has 1 fully saturated rings. The lowest BCUT2D eigenvalue weighted by Gasteiger charge is -2.34. The maximum absolute atomic E-state index is 12.4. The standard InChI is InChI=1S/C18H23NO5/c1-17(2,23)14-8-9-18(3,24-14)13(20)10-19-15(21)11-6-4-5-7-12(11)16(19)22/h4-7,13-14,20,23H,8-10H2,1-3H3/t13-,14+,18-/m0/s1. The molecule has 2 aliphatic heterocycles. The second-order valence-corrected chi connectivity index (χ2v) is 7.39. The summed E-state index contributed by atoms with van der Waals surface area (Å²) in [6, 6.07) is 6.64. The number of nitrogens with zero attached hydrogens (tertiary/aromatic N) is 1. The number of benzene rings is 1. The quantitative estimate of drug-likeness (QED) is 0.812. The molecule has 6 nitrogen and oxygen atoms in total. The molecule has 0 unspecified atom stereocenters. The molecule has 1 aromatic rings. The van der Waals surface area contributed by atoms with Crippen molar-refractivity contribution < 1.29 is 24.5 Å². The maximum Gasteiger partial charge on any atom is 0.261 e. The van der Waals surface area contributed by atoms with E-state index in [-0.39, 0.29) is 12.6 Å². The number of carbonyl (C=O) groups is 2. The number of rotatable bonds is 4. The second-order valence-electron chi connectivity index (χ2n) is 7.39. The first kappa shape index (κ1) is 17.1. The SMILES string of the molecule is CC(C)(O)[C@H]1CC[C@@](C)([C@@H](O)CN2C(=O)c3ccccc3C2=O)O1. The Hall–Kier alpha value is -1.76. The largest absolute Gasteiger partial charge is 0.388 e. The maximum atomic E-state index is 12.4. The van der Waals surface area contributed by atoms with Gasteiger partial charge < -0.3 is 14.9 Å². The number of aliphatic hydroxyl groups excluding tert-OH is 1. The van der Waals surface area contributed by atoms with Crippen LogP contribution in [0.1, 0.15) is 54.3 Å². The van der Waals surface area contributed by atoms with Crippen LogP contribution in [0.5, 0.6) is 0 Å². The Morgan fingerprint density at radius 2 is 1.83 bits per heavy atom. The third-order valence-corrected chi connectivity index (χ3v) is 5.04. The van der Waals surface area contributed by atoms with Crippen molar-refractivity contribution in [3.63, 3.8) is 0 Å². The van der Waals surface area contributed by atoms with Gasteiger partial charge in [-0.25, -0.2) is 0 Å². The summed E-state index contributed by atoms with van der Waals surface area (Å²) in [5.74, 6) is -0.787. The average Bonchev–Trinajstić information content (AvgIpc) is 3.04. The molecule has 1 aromatic carbocycles. The van der Waals surface area contributed by atoms with E-state index in [1.165, 1.54) is 0 Å². The summed E-state index contributed by atoms with van der Waals surface area (Å²) >= 11 is 0. The lowest BCUT2D eigenvalue weighted by molar-refractivity contribution is -0.154. The molecule has 130 valence electrons. The van der Waals surface area contributed by atoms with Crippen LogP contribution in [0.4, 0.5) is 0 Å². The van der Waals surface area contributed by atoms with Crippen molar-refractivity contribution in [2.45, 2.75) is 57.0 Å². The highest BCUT2D eigenvalue weighted by atomic mass is 16.5. The Morgan fingerprint density at radius 3 is 2.29 bits per heavy atom. The summed E-state index contributed by atoms with van der Waals surface area (Å²) in [7, 11) is 0. The van der Waals surface area contributed by atoms with Gasteiger partial charge in [-0.15, -0.1) is 0 Å². The van der Waals surface area contributed by atoms with E-state index in [0.717, 1.165) is 4.90 Å². The number of imide groups is 1. The van der Waals surface area contributed by atoms with Crippen molar-refractivity contribution in [3.05, 3.63) is 35.4 Å². The van der Waals surface area contributed by atoms with Crippen LogP contribution < -0.4 is 0 Å². The zero-order valence-corrected chi connectivity index (χ0v) is 14.2. The number of ether oxygens (including phenoxy) is 1. The van der Waals surface area contributed by atoms with Gasteiger partial charge in [0.05, 0.1) is 35.0 Å². The van der Waals surface area contributed by atoms with Crippen molar-refractivity contribution >= 4 is 11.8 Å². The first-order valence-corrected chi connectivity index (χ1v) is 8.17. The Balaban J connectivity index is 1.73. The molecule has 6 heteroatoms. The Bertz CT molecular complexity index is 645. The van der Waals surface area contributed by atoms with Crippen LogP contribution in [0.25, 0.3) is 0 Å². The third-order valence-electron chi connectivity index (χ3n) is 5.04. The topological polar surface area (TPSA) is 87.1 Å². The molecule has 1 saturated heterocycles. The average molecular weight is 333 g/mol.